The van der Waals surface area contributed by atoms with Crippen LogP contribution in [0.25, 0.3) is 0 Å². The van der Waals surface area contributed by atoms with Crippen molar-refractivity contribution in [3.63, 3.8) is 0 Å². The molecule has 5 nitrogen and oxygen atoms in total. The molecule has 0 amide bonds. The number of ether oxygens (including phenoxy) is 2. The number of nitrogens with zero attached hydrogens (tertiary/aromatic N) is 1. The van der Waals surface area contributed by atoms with Gasteiger partial charge in [0.15, 0.2) is 0 Å². The normalized spacial score (nSPS) is 18.9. The fourth-order valence-corrected chi connectivity index (χ4v) is 2.88. The molecule has 122 valence electrons. The Kier molecular flexibility index (Phi) is 6.52. The average molecular weight is 307 g/mol. The zero-order valence-corrected chi connectivity index (χ0v) is 13.2. The van der Waals surface area contributed by atoms with Crippen molar-refractivity contribution in [2.75, 3.05) is 33.4 Å². The van der Waals surface area contributed by atoms with Gasteiger partial charge in [-0.3, -0.25) is 9.69 Å². The summed E-state index contributed by atoms with van der Waals surface area (Å²) < 4.78 is 10.9. The molecule has 0 aliphatic carbocycles. The Hall–Kier alpha value is -1.75. The van der Waals surface area contributed by atoms with Crippen molar-refractivity contribution in [2.24, 2.45) is 5.92 Å². The lowest BCUT2D eigenvalue weighted by Crippen LogP contribution is -2.38. The van der Waals surface area contributed by atoms with Crippen LogP contribution in [0.5, 0.6) is 11.5 Å². The standard InChI is InChI=1S/C17H25NO4/c1-21-15-5-7-16(8-6-15)22-12-11-18-10-2-3-14(13-18)4-9-17(19)20/h5-8,14H,2-4,9-13H2,1H3,(H,19,20). The number of methoxy groups -OCH3 is 1. The highest BCUT2D eigenvalue weighted by atomic mass is 16.5. The van der Waals surface area contributed by atoms with E-state index in [1.165, 1.54) is 0 Å². The molecule has 1 unspecified atom stereocenters. The van der Waals surface area contributed by atoms with Crippen molar-refractivity contribution in [1.29, 1.82) is 0 Å². The van der Waals surface area contributed by atoms with Crippen molar-refractivity contribution >= 4 is 5.97 Å². The lowest BCUT2D eigenvalue weighted by molar-refractivity contribution is -0.137. The van der Waals surface area contributed by atoms with Gasteiger partial charge < -0.3 is 14.6 Å². The summed E-state index contributed by atoms with van der Waals surface area (Å²) in [6.45, 7) is 3.60. The molecule has 0 aromatic heterocycles. The van der Waals surface area contributed by atoms with E-state index in [2.05, 4.69) is 4.90 Å². The first-order chi connectivity index (χ1) is 10.7. The molecule has 1 heterocycles. The molecule has 5 heteroatoms. The highest BCUT2D eigenvalue weighted by Crippen LogP contribution is 2.21. The fourth-order valence-electron chi connectivity index (χ4n) is 2.88. The number of rotatable bonds is 8. The summed E-state index contributed by atoms with van der Waals surface area (Å²) in [6, 6.07) is 7.59. The molecule has 1 saturated heterocycles. The Morgan fingerprint density at radius 1 is 1.32 bits per heavy atom. The summed E-state index contributed by atoms with van der Waals surface area (Å²) in [4.78, 5) is 13.0. The predicted octanol–water partition coefficient (Wildman–Crippen LogP) is 2.65. The van der Waals surface area contributed by atoms with Gasteiger partial charge in [-0.15, -0.1) is 0 Å². The smallest absolute Gasteiger partial charge is 0.303 e. The van der Waals surface area contributed by atoms with Crippen molar-refractivity contribution in [3.05, 3.63) is 24.3 Å². The number of hydrogen-bond donors (Lipinski definition) is 1. The summed E-state index contributed by atoms with van der Waals surface area (Å²) in [5.74, 6) is 1.48. The molecule has 0 saturated carbocycles. The van der Waals surface area contributed by atoms with Crippen LogP contribution in [-0.4, -0.2) is 49.3 Å². The SMILES string of the molecule is COc1ccc(OCCN2CCCC(CCC(=O)O)C2)cc1. The molecule has 1 aromatic rings. The Morgan fingerprint density at radius 3 is 2.73 bits per heavy atom. The van der Waals surface area contributed by atoms with Gasteiger partial charge in [-0.25, -0.2) is 0 Å². The van der Waals surface area contributed by atoms with E-state index in [-0.39, 0.29) is 6.42 Å². The van der Waals surface area contributed by atoms with Crippen molar-refractivity contribution in [2.45, 2.75) is 25.7 Å². The third-order valence-corrected chi connectivity index (χ3v) is 4.11. The summed E-state index contributed by atoms with van der Waals surface area (Å²) in [7, 11) is 1.65. The highest BCUT2D eigenvalue weighted by Gasteiger charge is 2.20. The van der Waals surface area contributed by atoms with Gasteiger partial charge in [0.25, 0.3) is 0 Å². The maximum atomic E-state index is 10.7. The van der Waals surface area contributed by atoms with Crippen LogP contribution < -0.4 is 9.47 Å². The number of hydrogen-bond acceptors (Lipinski definition) is 4. The molecular formula is C17H25NO4. The fraction of sp³-hybridized carbons (Fsp3) is 0.588. The van der Waals surface area contributed by atoms with Crippen molar-refractivity contribution in [3.8, 4) is 11.5 Å². The van der Waals surface area contributed by atoms with E-state index in [4.69, 9.17) is 14.6 Å². The van der Waals surface area contributed by atoms with E-state index in [0.29, 0.717) is 12.5 Å². The monoisotopic (exact) mass is 307 g/mol. The quantitative estimate of drug-likeness (QED) is 0.800. The van der Waals surface area contributed by atoms with Gasteiger partial charge in [0.05, 0.1) is 7.11 Å². The van der Waals surface area contributed by atoms with E-state index in [1.807, 2.05) is 24.3 Å². The van der Waals surface area contributed by atoms with Crippen molar-refractivity contribution in [1.82, 2.24) is 4.90 Å². The molecule has 1 aliphatic rings. The van der Waals surface area contributed by atoms with E-state index in [9.17, 15) is 4.79 Å². The van der Waals surface area contributed by atoms with Crippen LogP contribution in [0.4, 0.5) is 0 Å². The summed E-state index contributed by atoms with van der Waals surface area (Å²) in [5, 5.41) is 8.77. The first kappa shape index (κ1) is 16.6. The zero-order valence-electron chi connectivity index (χ0n) is 13.2. The molecule has 1 aromatic carbocycles. The molecule has 1 N–H and O–H groups in total. The number of carbonyl (C=O) groups is 1. The maximum absolute atomic E-state index is 10.7. The molecule has 0 bridgehead atoms. The molecular weight excluding hydrogens is 282 g/mol. The predicted molar refractivity (Wildman–Crippen MR) is 84.5 cm³/mol. The van der Waals surface area contributed by atoms with E-state index < -0.39 is 5.97 Å². The number of benzene rings is 1. The Balaban J connectivity index is 1.68. The van der Waals surface area contributed by atoms with E-state index >= 15 is 0 Å². The summed E-state index contributed by atoms with van der Waals surface area (Å²) in [6.07, 6.45) is 3.35. The Labute approximate surface area is 131 Å². The number of likely N-dealkylation sites (tertiary alicyclic amines) is 1. The average Bonchev–Trinajstić information content (AvgIpc) is 2.54. The third kappa shape index (κ3) is 5.56. The summed E-state index contributed by atoms with van der Waals surface area (Å²) >= 11 is 0. The number of aliphatic carboxylic acids is 1. The Morgan fingerprint density at radius 2 is 2.05 bits per heavy atom. The van der Waals surface area contributed by atoms with Crippen LogP contribution in [-0.2, 0) is 4.79 Å². The van der Waals surface area contributed by atoms with Gasteiger partial charge in [-0.05, 0) is 56.0 Å². The molecule has 22 heavy (non-hydrogen) atoms. The molecule has 1 aliphatic heterocycles. The molecule has 1 fully saturated rings. The number of carboxylic acids is 1. The first-order valence-corrected chi connectivity index (χ1v) is 7.88. The molecule has 2 rings (SSSR count). The minimum absolute atomic E-state index is 0.279. The van der Waals surface area contributed by atoms with Gasteiger partial charge >= 0.3 is 5.97 Å². The van der Waals surface area contributed by atoms with Crippen molar-refractivity contribution < 1.29 is 19.4 Å². The van der Waals surface area contributed by atoms with Crippen LogP contribution in [0.15, 0.2) is 24.3 Å². The lowest BCUT2D eigenvalue weighted by atomic mass is 9.93. The van der Waals surface area contributed by atoms with Gasteiger partial charge in [0.2, 0.25) is 0 Å². The highest BCUT2D eigenvalue weighted by molar-refractivity contribution is 5.66. The topological polar surface area (TPSA) is 59.0 Å². The van der Waals surface area contributed by atoms with E-state index in [0.717, 1.165) is 50.4 Å². The van der Waals surface area contributed by atoms with Crippen LogP contribution in [0.1, 0.15) is 25.7 Å². The maximum Gasteiger partial charge on any atom is 0.303 e. The van der Waals surface area contributed by atoms with E-state index in [1.54, 1.807) is 7.11 Å². The minimum Gasteiger partial charge on any atom is -0.497 e. The molecule has 1 atom stereocenters. The second-order valence-corrected chi connectivity index (χ2v) is 5.77. The van der Waals surface area contributed by atoms with Gasteiger partial charge in [0, 0.05) is 19.5 Å². The second-order valence-electron chi connectivity index (χ2n) is 5.77. The summed E-state index contributed by atoms with van der Waals surface area (Å²) in [5.41, 5.74) is 0. The number of carboxylic acid groups (broad SMARTS) is 1. The third-order valence-electron chi connectivity index (χ3n) is 4.11. The van der Waals surface area contributed by atoms with Crippen LogP contribution >= 0.6 is 0 Å². The zero-order chi connectivity index (χ0) is 15.8. The number of piperidine rings is 1. The largest absolute Gasteiger partial charge is 0.497 e. The molecule has 0 radical (unpaired) electrons. The van der Waals surface area contributed by atoms with Crippen LogP contribution in [0.3, 0.4) is 0 Å². The van der Waals surface area contributed by atoms with Gasteiger partial charge in [0.1, 0.15) is 18.1 Å². The minimum atomic E-state index is -0.694. The van der Waals surface area contributed by atoms with Crippen LogP contribution in [0.2, 0.25) is 0 Å². The molecule has 0 spiro atoms. The van der Waals surface area contributed by atoms with Gasteiger partial charge in [-0.2, -0.15) is 0 Å². The lowest BCUT2D eigenvalue weighted by Gasteiger charge is -2.32. The van der Waals surface area contributed by atoms with Crippen LogP contribution in [0, 0.1) is 5.92 Å². The Bertz CT molecular complexity index is 460. The first-order valence-electron chi connectivity index (χ1n) is 7.88. The second kappa shape index (κ2) is 8.63. The van der Waals surface area contributed by atoms with Gasteiger partial charge in [-0.1, -0.05) is 0 Å².